The minimum atomic E-state index is -0.813. The van der Waals surface area contributed by atoms with Gasteiger partial charge in [0.15, 0.2) is 11.5 Å². The number of rotatable bonds is 9. The number of ether oxygens (including phenoxy) is 3. The van der Waals surface area contributed by atoms with Gasteiger partial charge in [0, 0.05) is 18.5 Å². The third-order valence-corrected chi connectivity index (χ3v) is 7.16. The topological polar surface area (TPSA) is 85.3 Å². The van der Waals surface area contributed by atoms with E-state index in [0.29, 0.717) is 35.7 Å². The van der Waals surface area contributed by atoms with E-state index in [1.807, 2.05) is 49.4 Å². The monoisotopic (exact) mass is 527 g/mol. The molecular formula is C32H33NO6. The molecule has 7 heteroatoms. The van der Waals surface area contributed by atoms with Gasteiger partial charge in [-0.3, -0.25) is 9.59 Å². The highest BCUT2D eigenvalue weighted by atomic mass is 16.5. The second kappa shape index (κ2) is 11.2. The van der Waals surface area contributed by atoms with Gasteiger partial charge in [-0.05, 0) is 60.4 Å². The summed E-state index contributed by atoms with van der Waals surface area (Å²) < 4.78 is 17.3. The van der Waals surface area contributed by atoms with Crippen LogP contribution in [-0.4, -0.2) is 41.5 Å². The Morgan fingerprint density at radius 2 is 1.85 bits per heavy atom. The highest BCUT2D eigenvalue weighted by molar-refractivity contribution is 6.46. The van der Waals surface area contributed by atoms with Crippen molar-refractivity contribution in [3.63, 3.8) is 0 Å². The first-order valence-electron chi connectivity index (χ1n) is 13.3. The maximum atomic E-state index is 13.5. The second-order valence-corrected chi connectivity index (χ2v) is 9.98. The van der Waals surface area contributed by atoms with Crippen molar-refractivity contribution in [2.45, 2.75) is 51.8 Å². The fourth-order valence-electron chi connectivity index (χ4n) is 5.19. The lowest BCUT2D eigenvalue weighted by Crippen LogP contribution is -2.29. The van der Waals surface area contributed by atoms with E-state index in [9.17, 15) is 14.7 Å². The van der Waals surface area contributed by atoms with Crippen LogP contribution in [0.1, 0.15) is 55.0 Å². The molecule has 0 aromatic heterocycles. The Morgan fingerprint density at radius 1 is 1.05 bits per heavy atom. The number of fused-ring (bicyclic) bond motifs is 1. The van der Waals surface area contributed by atoms with E-state index in [1.54, 1.807) is 31.4 Å². The number of benzene rings is 3. The largest absolute Gasteiger partial charge is 0.507 e. The lowest BCUT2D eigenvalue weighted by atomic mass is 9.94. The fraction of sp³-hybridized carbons (Fsp3) is 0.312. The number of Topliss-reactive ketones (excluding diaryl/α,β-unsaturated/α-hetero) is 1. The molecule has 0 aliphatic carbocycles. The van der Waals surface area contributed by atoms with Gasteiger partial charge in [0.25, 0.3) is 11.7 Å². The zero-order valence-corrected chi connectivity index (χ0v) is 22.5. The van der Waals surface area contributed by atoms with Crippen molar-refractivity contribution in [3.8, 4) is 17.2 Å². The van der Waals surface area contributed by atoms with Crippen molar-refractivity contribution in [3.05, 3.63) is 94.6 Å². The third-order valence-electron chi connectivity index (χ3n) is 7.16. The number of likely N-dealkylation sites (tertiary alicyclic amines) is 1. The number of nitrogens with zero attached hydrogens (tertiary/aromatic N) is 1. The summed E-state index contributed by atoms with van der Waals surface area (Å²) in [5, 5.41) is 11.5. The molecule has 2 atom stereocenters. The van der Waals surface area contributed by atoms with Gasteiger partial charge in [-0.2, -0.15) is 0 Å². The van der Waals surface area contributed by atoms with E-state index in [-0.39, 0.29) is 24.0 Å². The minimum absolute atomic E-state index is 0.0411. The Hall–Kier alpha value is -4.26. The van der Waals surface area contributed by atoms with E-state index in [1.165, 1.54) is 4.90 Å². The van der Waals surface area contributed by atoms with Crippen molar-refractivity contribution < 1.29 is 28.9 Å². The van der Waals surface area contributed by atoms with Crippen LogP contribution in [-0.2, 0) is 22.6 Å². The molecule has 0 spiro atoms. The maximum absolute atomic E-state index is 13.5. The lowest BCUT2D eigenvalue weighted by molar-refractivity contribution is -0.140. The molecule has 1 fully saturated rings. The van der Waals surface area contributed by atoms with Crippen LogP contribution in [0.25, 0.3) is 5.76 Å². The van der Waals surface area contributed by atoms with Crippen molar-refractivity contribution in [1.29, 1.82) is 0 Å². The lowest BCUT2D eigenvalue weighted by Gasteiger charge is -2.26. The number of methoxy groups -OCH3 is 1. The van der Waals surface area contributed by atoms with E-state index in [2.05, 4.69) is 6.92 Å². The number of carbonyl (C=O) groups is 2. The van der Waals surface area contributed by atoms with E-state index in [4.69, 9.17) is 14.2 Å². The Bertz CT molecular complexity index is 1410. The van der Waals surface area contributed by atoms with E-state index in [0.717, 1.165) is 29.7 Å². The number of carbonyl (C=O) groups excluding carboxylic acids is 2. The highest BCUT2D eigenvalue weighted by Gasteiger charge is 2.46. The molecule has 5 rings (SSSR count). The Morgan fingerprint density at radius 3 is 2.59 bits per heavy atom. The average molecular weight is 528 g/mol. The summed E-state index contributed by atoms with van der Waals surface area (Å²) in [5.41, 5.74) is 2.99. The predicted octanol–water partition coefficient (Wildman–Crippen LogP) is 5.82. The first kappa shape index (κ1) is 26.4. The van der Waals surface area contributed by atoms with Gasteiger partial charge < -0.3 is 24.2 Å². The van der Waals surface area contributed by atoms with Crippen molar-refractivity contribution in [1.82, 2.24) is 4.90 Å². The molecule has 1 N–H and O–H groups in total. The summed E-state index contributed by atoms with van der Waals surface area (Å²) in [7, 11) is 1.56. The summed E-state index contributed by atoms with van der Waals surface area (Å²) in [6, 6.07) is 19.4. The Balaban J connectivity index is 1.60. The molecule has 3 aromatic rings. The van der Waals surface area contributed by atoms with Crippen molar-refractivity contribution in [2.24, 2.45) is 0 Å². The van der Waals surface area contributed by atoms with Crippen LogP contribution < -0.4 is 14.2 Å². The second-order valence-electron chi connectivity index (χ2n) is 9.98. The van der Waals surface area contributed by atoms with Gasteiger partial charge in [0.05, 0.1) is 25.3 Å². The number of aliphatic hydroxyl groups is 1. The molecule has 2 aliphatic heterocycles. The quantitative estimate of drug-likeness (QED) is 0.163. The highest BCUT2D eigenvalue weighted by Crippen LogP contribution is 2.43. The number of amides is 1. The van der Waals surface area contributed by atoms with Crippen LogP contribution in [0.5, 0.6) is 17.2 Å². The number of unbranched alkanes of at least 4 members (excludes halogenated alkanes) is 1. The van der Waals surface area contributed by atoms with Crippen molar-refractivity contribution in [2.75, 3.05) is 13.7 Å². The Labute approximate surface area is 228 Å². The number of hydrogen-bond donors (Lipinski definition) is 1. The molecule has 0 unspecified atom stereocenters. The summed E-state index contributed by atoms with van der Waals surface area (Å²) in [4.78, 5) is 28.4. The molecule has 1 saturated heterocycles. The predicted molar refractivity (Wildman–Crippen MR) is 148 cm³/mol. The van der Waals surface area contributed by atoms with E-state index < -0.39 is 17.7 Å². The number of ketones is 1. The van der Waals surface area contributed by atoms with Crippen LogP contribution in [0.2, 0.25) is 0 Å². The molecule has 2 heterocycles. The van der Waals surface area contributed by atoms with Gasteiger partial charge >= 0.3 is 0 Å². The van der Waals surface area contributed by atoms with Crippen LogP contribution in [0.15, 0.2) is 72.3 Å². The van der Waals surface area contributed by atoms with Crippen LogP contribution >= 0.6 is 0 Å². The first-order chi connectivity index (χ1) is 18.9. The smallest absolute Gasteiger partial charge is 0.295 e. The van der Waals surface area contributed by atoms with Gasteiger partial charge in [0.2, 0.25) is 0 Å². The molecule has 39 heavy (non-hydrogen) atoms. The minimum Gasteiger partial charge on any atom is -0.507 e. The first-order valence-corrected chi connectivity index (χ1v) is 13.3. The van der Waals surface area contributed by atoms with Crippen molar-refractivity contribution >= 4 is 17.4 Å². The molecule has 3 aromatic carbocycles. The SMILES string of the molecule is CCCCOc1ccc([C@H]2C(=C(O)c3ccc4c(c3)C[C@H](C)O4)C(=O)C(=O)N2Cc2ccccc2)cc1OC. The molecular weight excluding hydrogens is 494 g/mol. The summed E-state index contributed by atoms with van der Waals surface area (Å²) >= 11 is 0. The molecule has 202 valence electrons. The summed E-state index contributed by atoms with van der Waals surface area (Å²) in [6.45, 7) is 4.84. The number of hydrogen-bond acceptors (Lipinski definition) is 6. The van der Waals surface area contributed by atoms with Gasteiger partial charge in [-0.15, -0.1) is 0 Å². The summed E-state index contributed by atoms with van der Waals surface area (Å²) in [6.07, 6.45) is 2.66. The van der Waals surface area contributed by atoms with Gasteiger partial charge in [0.1, 0.15) is 17.6 Å². The van der Waals surface area contributed by atoms with Gasteiger partial charge in [-0.1, -0.05) is 49.7 Å². The molecule has 7 nitrogen and oxygen atoms in total. The normalized spacial score (nSPS) is 19.6. The van der Waals surface area contributed by atoms with Gasteiger partial charge in [-0.25, -0.2) is 0 Å². The zero-order chi connectivity index (χ0) is 27.5. The molecule has 0 saturated carbocycles. The standard InChI is InChI=1S/C32H33NO6/c1-4-5-15-38-26-14-11-22(18-27(26)37-3)29-28(30(34)23-12-13-25-24(17-23)16-20(2)39-25)31(35)32(36)33(29)19-21-9-7-6-8-10-21/h6-14,17-18,20,29,34H,4-5,15-16,19H2,1-3H3/t20-,29-/m0/s1. The fourth-order valence-corrected chi connectivity index (χ4v) is 5.19. The third kappa shape index (κ3) is 5.21. The molecule has 2 aliphatic rings. The van der Waals surface area contributed by atoms with Crippen LogP contribution in [0.3, 0.4) is 0 Å². The Kier molecular flexibility index (Phi) is 7.59. The summed E-state index contributed by atoms with van der Waals surface area (Å²) in [5.74, 6) is 0.258. The average Bonchev–Trinajstić information content (AvgIpc) is 3.44. The van der Waals surface area contributed by atoms with E-state index >= 15 is 0 Å². The van der Waals surface area contributed by atoms with Crippen LogP contribution in [0.4, 0.5) is 0 Å². The molecule has 1 amide bonds. The zero-order valence-electron chi connectivity index (χ0n) is 22.5. The van der Waals surface area contributed by atoms with Crippen LogP contribution in [0, 0.1) is 0 Å². The molecule has 0 bridgehead atoms. The maximum Gasteiger partial charge on any atom is 0.295 e. The molecule has 0 radical (unpaired) electrons. The number of aliphatic hydroxyl groups excluding tert-OH is 1.